The van der Waals surface area contributed by atoms with Gasteiger partial charge in [0.25, 0.3) is 0 Å². The van der Waals surface area contributed by atoms with E-state index in [-0.39, 0.29) is 0 Å². The van der Waals surface area contributed by atoms with E-state index < -0.39 is 5.85 Å². The summed E-state index contributed by atoms with van der Waals surface area (Å²) in [7, 11) is 3.08. The molecule has 0 aliphatic rings. The van der Waals surface area contributed by atoms with Gasteiger partial charge in [-0.1, -0.05) is 0 Å². The van der Waals surface area contributed by atoms with Gasteiger partial charge in [-0.05, 0) is 0 Å². The van der Waals surface area contributed by atoms with Crippen LogP contribution in [0.5, 0.6) is 0 Å². The summed E-state index contributed by atoms with van der Waals surface area (Å²) in [6, 6.07) is 0. The summed E-state index contributed by atoms with van der Waals surface area (Å²) in [6.45, 7) is 1.69. The summed E-state index contributed by atoms with van der Waals surface area (Å²) in [6.07, 6.45) is 0.987. The molecule has 6 heteroatoms. The molecule has 0 aliphatic heterocycles. The van der Waals surface area contributed by atoms with E-state index in [2.05, 4.69) is 8.73 Å². The Morgan fingerprint density at radius 3 is 2.25 bits per heavy atom. The summed E-state index contributed by atoms with van der Waals surface area (Å²) >= 11 is 10.4. The van der Waals surface area contributed by atoms with Crippen LogP contribution >= 0.6 is 37.1 Å². The summed E-state index contributed by atoms with van der Waals surface area (Å²) in [5.41, 5.74) is 0. The quantitative estimate of drug-likeness (QED) is 0.492. The van der Waals surface area contributed by atoms with Gasteiger partial charge in [-0.3, -0.25) is 0 Å². The molecule has 0 aromatic carbocycles. The molecule has 0 heterocycles. The van der Waals surface area contributed by atoms with Crippen molar-refractivity contribution >= 4 is 43.7 Å². The zero-order valence-electron chi connectivity index (χ0n) is 4.10. The normalized spacial score (nSPS) is 10.8. The molecule has 0 aromatic heterocycles. The average Bonchev–Trinajstić information content (AvgIpc) is 1.59. The van der Waals surface area contributed by atoms with Crippen molar-refractivity contribution in [3.8, 4) is 0 Å². The molecule has 46 valence electrons. The Labute approximate surface area is 61.1 Å². The van der Waals surface area contributed by atoms with E-state index in [4.69, 9.17) is 22.5 Å². The molecule has 0 aromatic rings. The second-order valence-electron chi connectivity index (χ2n) is 1.29. The van der Waals surface area contributed by atoms with Crippen molar-refractivity contribution in [3.05, 3.63) is 0 Å². The summed E-state index contributed by atoms with van der Waals surface area (Å²) < 4.78 is 10.5. The molecule has 0 radical (unpaired) electrons. The molecule has 0 bridgehead atoms. The van der Waals surface area contributed by atoms with E-state index in [9.17, 15) is 4.57 Å². The first-order valence-corrected chi connectivity index (χ1v) is 6.31. The Hall–Kier alpha value is 1.17. The van der Waals surface area contributed by atoms with E-state index in [0.29, 0.717) is 12.5 Å². The Bertz CT molecular complexity index is 121. The van der Waals surface area contributed by atoms with Crippen molar-refractivity contribution in [2.75, 3.05) is 6.16 Å². The van der Waals surface area contributed by atoms with Crippen molar-refractivity contribution in [1.82, 2.24) is 0 Å². The first-order chi connectivity index (χ1) is 3.56. The Balaban J connectivity index is 3.40. The topological polar surface area (TPSA) is 17.1 Å². The minimum absolute atomic E-state index is 0.347. The van der Waals surface area contributed by atoms with Crippen LogP contribution < -0.4 is 0 Å². The molecule has 1 nitrogen and oxygen atoms in total. The molecule has 0 atom stereocenters. The van der Waals surface area contributed by atoms with Crippen molar-refractivity contribution in [2.24, 2.45) is 0 Å². The van der Waals surface area contributed by atoms with Crippen LogP contribution in [0.15, 0.2) is 0 Å². The van der Waals surface area contributed by atoms with E-state index in [1.54, 1.807) is 6.62 Å². The van der Waals surface area contributed by atoms with E-state index in [0.717, 1.165) is 0 Å². The van der Waals surface area contributed by atoms with Crippen molar-refractivity contribution < 1.29 is 4.57 Å². The van der Waals surface area contributed by atoms with Gasteiger partial charge in [0, 0.05) is 0 Å². The van der Waals surface area contributed by atoms with Gasteiger partial charge in [-0.25, -0.2) is 0 Å². The average molecular weight is 189 g/mol. The van der Waals surface area contributed by atoms with Crippen molar-refractivity contribution in [1.29, 1.82) is 0 Å². The number of rotatable bonds is 3. The van der Waals surface area contributed by atoms with Gasteiger partial charge < -0.3 is 0 Å². The van der Waals surface area contributed by atoms with Gasteiger partial charge in [0.15, 0.2) is 0 Å². The maximum absolute atomic E-state index is 10.5. The summed E-state index contributed by atoms with van der Waals surface area (Å²) in [4.78, 5) is 0. The maximum atomic E-state index is 10.5. The fraction of sp³-hybridized carbons (Fsp3) is 1.00. The fourth-order valence-corrected chi connectivity index (χ4v) is 1.62. The van der Waals surface area contributed by atoms with Gasteiger partial charge in [0.05, 0.1) is 0 Å². The Kier molecular flexibility index (Phi) is 4.66. The molecule has 0 saturated carbocycles. The SMILES string of the molecule is O=P(Cl)(Cl)CCB=P. The molecule has 0 spiro atoms. The molecule has 8 heavy (non-hydrogen) atoms. The van der Waals surface area contributed by atoms with Crippen molar-refractivity contribution in [2.45, 2.75) is 6.32 Å². The predicted octanol–water partition coefficient (Wildman–Crippen LogP) is 2.84. The van der Waals surface area contributed by atoms with Crippen LogP contribution in [0.1, 0.15) is 0 Å². The van der Waals surface area contributed by atoms with E-state index in [1.807, 2.05) is 0 Å². The predicted molar refractivity (Wildman–Crippen MR) is 43.1 cm³/mol. The molecule has 0 N–H and O–H groups in total. The van der Waals surface area contributed by atoms with Gasteiger partial charge in [-0.2, -0.15) is 0 Å². The number of halogens is 2. The summed E-state index contributed by atoms with van der Waals surface area (Å²) in [5.74, 6) is -2.80. The fourth-order valence-electron chi connectivity index (χ4n) is 0.215. The van der Waals surface area contributed by atoms with Gasteiger partial charge in [0.1, 0.15) is 0 Å². The molecule has 0 rings (SSSR count). The van der Waals surface area contributed by atoms with Gasteiger partial charge in [0.2, 0.25) is 0 Å². The summed E-state index contributed by atoms with van der Waals surface area (Å²) in [5, 5.41) is 0. The first kappa shape index (κ1) is 9.17. The van der Waals surface area contributed by atoms with Crippen molar-refractivity contribution in [3.63, 3.8) is 0 Å². The van der Waals surface area contributed by atoms with Crippen LogP contribution in [0.3, 0.4) is 0 Å². The molecule has 0 aliphatic carbocycles. The molecule has 0 unspecified atom stereocenters. The van der Waals surface area contributed by atoms with Crippen LogP contribution in [-0.2, 0) is 4.57 Å². The molecule has 0 fully saturated rings. The molecular weight excluding hydrogens is 184 g/mol. The molecule has 0 saturated heterocycles. The minimum atomic E-state index is -2.80. The third-order valence-electron chi connectivity index (χ3n) is 0.534. The molecule has 0 amide bonds. The second kappa shape index (κ2) is 4.06. The van der Waals surface area contributed by atoms with Crippen LogP contribution in [0.4, 0.5) is 0 Å². The zero-order valence-corrected chi connectivity index (χ0v) is 7.51. The monoisotopic (exact) mass is 188 g/mol. The van der Waals surface area contributed by atoms with Crippen LogP contribution in [0, 0.1) is 0 Å². The van der Waals surface area contributed by atoms with Crippen LogP contribution in [-0.4, -0.2) is 12.8 Å². The second-order valence-corrected chi connectivity index (χ2v) is 7.08. The van der Waals surface area contributed by atoms with E-state index in [1.165, 1.54) is 0 Å². The first-order valence-electron chi connectivity index (χ1n) is 2.03. The van der Waals surface area contributed by atoms with Gasteiger partial charge in [-0.15, -0.1) is 0 Å². The van der Waals surface area contributed by atoms with Crippen LogP contribution in [0.25, 0.3) is 0 Å². The molecular formula is C2H5BCl2OP2. The number of hydrogen-bond donors (Lipinski definition) is 0. The van der Waals surface area contributed by atoms with E-state index >= 15 is 0 Å². The third-order valence-corrected chi connectivity index (χ3v) is 2.62. The third kappa shape index (κ3) is 7.17. The Morgan fingerprint density at radius 2 is 2.12 bits per heavy atom. The van der Waals surface area contributed by atoms with Crippen LogP contribution in [0.2, 0.25) is 6.32 Å². The zero-order chi connectivity index (χ0) is 6.62. The standard InChI is InChI=1S/C2H5BCl2OP2/c4-8(5,6)2-1-3-7/h7H,1-2H2. The number of hydrogen-bond acceptors (Lipinski definition) is 1. The van der Waals surface area contributed by atoms with Gasteiger partial charge >= 0.3 is 60.7 Å². The Morgan fingerprint density at radius 1 is 1.62 bits per heavy atom.